The normalized spacial score (nSPS) is 17.9. The first kappa shape index (κ1) is 20.3. The molecule has 1 aliphatic rings. The Hall–Kier alpha value is -2.94. The number of ether oxygens (including phenoxy) is 2. The molecule has 1 aliphatic heterocycles. The maximum Gasteiger partial charge on any atom is 0.338 e. The van der Waals surface area contributed by atoms with Crippen molar-refractivity contribution in [2.75, 3.05) is 25.7 Å². The van der Waals surface area contributed by atoms with Crippen molar-refractivity contribution < 1.29 is 22.7 Å². The van der Waals surface area contributed by atoms with E-state index in [1.807, 2.05) is 25.1 Å². The summed E-state index contributed by atoms with van der Waals surface area (Å²) in [7, 11) is -0.166. The minimum Gasteiger partial charge on any atom is -0.496 e. The third-order valence-electron chi connectivity index (χ3n) is 5.49. The molecule has 3 heterocycles. The van der Waals surface area contributed by atoms with E-state index >= 15 is 0 Å². The van der Waals surface area contributed by atoms with Crippen LogP contribution < -0.4 is 4.74 Å². The molecule has 0 saturated carbocycles. The van der Waals surface area contributed by atoms with Gasteiger partial charge in [-0.15, -0.1) is 0 Å². The van der Waals surface area contributed by atoms with E-state index in [1.54, 1.807) is 24.8 Å². The highest BCUT2D eigenvalue weighted by atomic mass is 32.2. The van der Waals surface area contributed by atoms with Crippen molar-refractivity contribution in [3.05, 3.63) is 41.1 Å². The zero-order valence-electron chi connectivity index (χ0n) is 17.3. The highest BCUT2D eigenvalue weighted by Crippen LogP contribution is 2.33. The van der Waals surface area contributed by atoms with Gasteiger partial charge in [-0.2, -0.15) is 5.10 Å². The number of pyridine rings is 1. The predicted molar refractivity (Wildman–Crippen MR) is 113 cm³/mol. The SMILES string of the molecule is COC(=O)c1cc(-c2ccc(OC)c(C)c2)nc2c1c(C)nn2[C@@H]1CCS(=O)(=O)C1. The molecule has 3 aromatic rings. The molecule has 0 radical (unpaired) electrons. The number of carbonyl (C=O) groups excluding carboxylic acids is 1. The number of hydrogen-bond donors (Lipinski definition) is 0. The second-order valence-electron chi connectivity index (χ2n) is 7.52. The van der Waals surface area contributed by atoms with Gasteiger partial charge in [-0.3, -0.25) is 0 Å². The fourth-order valence-electron chi connectivity index (χ4n) is 3.99. The van der Waals surface area contributed by atoms with Crippen LogP contribution in [0.25, 0.3) is 22.3 Å². The maximum absolute atomic E-state index is 12.6. The largest absolute Gasteiger partial charge is 0.496 e. The highest BCUT2D eigenvalue weighted by Gasteiger charge is 2.32. The average molecular weight is 429 g/mol. The van der Waals surface area contributed by atoms with Crippen molar-refractivity contribution in [2.45, 2.75) is 26.3 Å². The number of sulfone groups is 1. The van der Waals surface area contributed by atoms with Gasteiger partial charge in [-0.25, -0.2) is 22.9 Å². The quantitative estimate of drug-likeness (QED) is 0.588. The summed E-state index contributed by atoms with van der Waals surface area (Å²) >= 11 is 0. The monoisotopic (exact) mass is 429 g/mol. The lowest BCUT2D eigenvalue weighted by Gasteiger charge is -2.12. The molecule has 0 N–H and O–H groups in total. The number of methoxy groups -OCH3 is 2. The first-order valence-corrected chi connectivity index (χ1v) is 11.4. The smallest absolute Gasteiger partial charge is 0.338 e. The molecule has 9 heteroatoms. The maximum atomic E-state index is 12.6. The van der Waals surface area contributed by atoms with E-state index in [4.69, 9.17) is 14.5 Å². The van der Waals surface area contributed by atoms with Crippen LogP contribution in [0.5, 0.6) is 5.75 Å². The number of carbonyl (C=O) groups is 1. The molecule has 0 spiro atoms. The Kier molecular flexibility index (Phi) is 5.01. The summed E-state index contributed by atoms with van der Waals surface area (Å²) < 4.78 is 36.0. The minimum atomic E-state index is -3.10. The molecule has 0 bridgehead atoms. The summed E-state index contributed by atoms with van der Waals surface area (Å²) in [5.74, 6) is 0.407. The van der Waals surface area contributed by atoms with Gasteiger partial charge in [0, 0.05) is 5.56 Å². The van der Waals surface area contributed by atoms with Crippen molar-refractivity contribution in [1.82, 2.24) is 14.8 Å². The lowest BCUT2D eigenvalue weighted by molar-refractivity contribution is 0.0603. The zero-order chi connectivity index (χ0) is 21.6. The fourth-order valence-corrected chi connectivity index (χ4v) is 5.68. The molecule has 1 fully saturated rings. The lowest BCUT2D eigenvalue weighted by atomic mass is 10.0. The summed E-state index contributed by atoms with van der Waals surface area (Å²) in [6.45, 7) is 3.72. The third-order valence-corrected chi connectivity index (χ3v) is 7.24. The summed E-state index contributed by atoms with van der Waals surface area (Å²) in [5, 5.41) is 5.14. The Balaban J connectivity index is 1.95. The van der Waals surface area contributed by atoms with Crippen LogP contribution in [0.3, 0.4) is 0 Å². The summed E-state index contributed by atoms with van der Waals surface area (Å²) in [5.41, 5.74) is 3.78. The molecule has 0 aliphatic carbocycles. The number of aromatic nitrogens is 3. The Morgan fingerprint density at radius 2 is 1.97 bits per heavy atom. The molecule has 1 atom stereocenters. The second-order valence-corrected chi connectivity index (χ2v) is 9.75. The first-order chi connectivity index (χ1) is 14.2. The van der Waals surface area contributed by atoms with E-state index in [2.05, 4.69) is 5.10 Å². The number of nitrogens with zero attached hydrogens (tertiary/aromatic N) is 3. The predicted octanol–water partition coefficient (Wildman–Crippen LogP) is 2.87. The van der Waals surface area contributed by atoms with Crippen LogP contribution in [-0.2, 0) is 14.6 Å². The number of esters is 1. The van der Waals surface area contributed by atoms with Crippen molar-refractivity contribution >= 4 is 26.8 Å². The topological polar surface area (TPSA) is 100 Å². The van der Waals surface area contributed by atoms with Crippen molar-refractivity contribution in [3.63, 3.8) is 0 Å². The van der Waals surface area contributed by atoms with E-state index in [-0.39, 0.29) is 17.5 Å². The highest BCUT2D eigenvalue weighted by molar-refractivity contribution is 7.91. The number of benzene rings is 1. The Bertz CT molecular complexity index is 1260. The molecule has 0 amide bonds. The fraction of sp³-hybridized carbons (Fsp3) is 0.381. The van der Waals surface area contributed by atoms with E-state index in [1.165, 1.54) is 7.11 Å². The zero-order valence-corrected chi connectivity index (χ0v) is 18.1. The van der Waals surface area contributed by atoms with E-state index in [9.17, 15) is 13.2 Å². The van der Waals surface area contributed by atoms with Gasteiger partial charge >= 0.3 is 5.97 Å². The number of fused-ring (bicyclic) bond motifs is 1. The molecule has 1 aromatic carbocycles. The van der Waals surface area contributed by atoms with Gasteiger partial charge in [0.2, 0.25) is 0 Å². The van der Waals surface area contributed by atoms with Crippen LogP contribution in [0, 0.1) is 13.8 Å². The molecule has 158 valence electrons. The molecule has 2 aromatic heterocycles. The van der Waals surface area contributed by atoms with Gasteiger partial charge in [0.25, 0.3) is 0 Å². The average Bonchev–Trinajstić information content (AvgIpc) is 3.25. The summed E-state index contributed by atoms with van der Waals surface area (Å²) in [6, 6.07) is 7.04. The summed E-state index contributed by atoms with van der Waals surface area (Å²) in [4.78, 5) is 17.4. The van der Waals surface area contributed by atoms with Crippen molar-refractivity contribution in [1.29, 1.82) is 0 Å². The second kappa shape index (κ2) is 7.39. The van der Waals surface area contributed by atoms with Crippen LogP contribution in [-0.4, -0.2) is 54.9 Å². The van der Waals surface area contributed by atoms with Gasteiger partial charge in [-0.1, -0.05) is 0 Å². The number of aryl methyl sites for hydroxylation is 2. The third kappa shape index (κ3) is 3.43. The Labute approximate surface area is 174 Å². The lowest BCUT2D eigenvalue weighted by Crippen LogP contribution is -2.13. The molecular weight excluding hydrogens is 406 g/mol. The van der Waals surface area contributed by atoms with Crippen LogP contribution in [0.4, 0.5) is 0 Å². The molecule has 8 nitrogen and oxygen atoms in total. The van der Waals surface area contributed by atoms with Crippen LogP contribution in [0.15, 0.2) is 24.3 Å². The molecule has 30 heavy (non-hydrogen) atoms. The summed E-state index contributed by atoms with van der Waals surface area (Å²) in [6.07, 6.45) is 0.472. The van der Waals surface area contributed by atoms with E-state index in [0.717, 1.165) is 16.9 Å². The van der Waals surface area contributed by atoms with Crippen LogP contribution >= 0.6 is 0 Å². The molecular formula is C21H23N3O5S. The number of hydrogen-bond acceptors (Lipinski definition) is 7. The molecule has 1 saturated heterocycles. The molecule has 4 rings (SSSR count). The van der Waals surface area contributed by atoms with Gasteiger partial charge in [-0.05, 0) is 50.1 Å². The van der Waals surface area contributed by atoms with Gasteiger partial charge in [0.1, 0.15) is 5.75 Å². The van der Waals surface area contributed by atoms with Gasteiger partial charge < -0.3 is 9.47 Å². The first-order valence-electron chi connectivity index (χ1n) is 9.57. The van der Waals surface area contributed by atoms with Gasteiger partial charge in [0.05, 0.1) is 54.1 Å². The van der Waals surface area contributed by atoms with Crippen LogP contribution in [0.1, 0.15) is 34.1 Å². The van der Waals surface area contributed by atoms with Gasteiger partial charge in [0.15, 0.2) is 15.5 Å². The standard InChI is InChI=1S/C21H23N3O5S/c1-12-9-14(5-6-18(12)28-3)17-10-16(21(25)29-4)19-13(2)23-24(20(19)22-17)15-7-8-30(26,27)11-15/h5-6,9-10,15H,7-8,11H2,1-4H3/t15-/m1/s1. The number of rotatable bonds is 4. The minimum absolute atomic E-state index is 0.0182. The Morgan fingerprint density at radius 3 is 2.57 bits per heavy atom. The molecule has 0 unspecified atom stereocenters. The van der Waals surface area contributed by atoms with Crippen molar-refractivity contribution in [2.24, 2.45) is 0 Å². The van der Waals surface area contributed by atoms with E-state index in [0.29, 0.717) is 34.4 Å². The van der Waals surface area contributed by atoms with Crippen molar-refractivity contribution in [3.8, 4) is 17.0 Å². The van der Waals surface area contributed by atoms with E-state index < -0.39 is 15.8 Å². The van der Waals surface area contributed by atoms with Crippen LogP contribution in [0.2, 0.25) is 0 Å². The Morgan fingerprint density at radius 1 is 1.20 bits per heavy atom.